The molecule has 0 bridgehead atoms. The molecule has 16 heavy (non-hydrogen) atoms. The first-order valence-corrected chi connectivity index (χ1v) is 6.38. The van der Waals surface area contributed by atoms with Gasteiger partial charge in [0.15, 0.2) is 0 Å². The van der Waals surface area contributed by atoms with E-state index in [0.717, 1.165) is 0 Å². The Bertz CT molecular complexity index is 230. The Kier molecular flexibility index (Phi) is 11.0. The largest absolute Gasteiger partial charge is 0.0654 e. The van der Waals surface area contributed by atoms with Crippen molar-refractivity contribution in [1.82, 2.24) is 0 Å². The number of hydrogen-bond donors (Lipinski definition) is 0. The van der Waals surface area contributed by atoms with Gasteiger partial charge in [0.05, 0.1) is 0 Å². The van der Waals surface area contributed by atoms with Gasteiger partial charge in [0, 0.05) is 16.8 Å². The van der Waals surface area contributed by atoms with Crippen LogP contribution in [-0.4, -0.2) is 0 Å². The van der Waals surface area contributed by atoms with Crippen LogP contribution in [0.1, 0.15) is 57.4 Å². The maximum Gasteiger partial charge on any atom is 0 e. The van der Waals surface area contributed by atoms with E-state index in [1.807, 2.05) is 12.1 Å². The van der Waals surface area contributed by atoms with Crippen molar-refractivity contribution in [2.45, 2.75) is 58.3 Å². The third-order valence-electron chi connectivity index (χ3n) is 2.86. The molecule has 0 aliphatic heterocycles. The van der Waals surface area contributed by atoms with Crippen LogP contribution in [-0.2, 0) is 23.2 Å². The smallest absolute Gasteiger partial charge is 0 e. The zero-order valence-electron chi connectivity index (χ0n) is 10.3. The van der Waals surface area contributed by atoms with Crippen LogP contribution in [0.15, 0.2) is 24.3 Å². The fourth-order valence-corrected chi connectivity index (χ4v) is 1.87. The molecule has 0 aliphatic rings. The van der Waals surface area contributed by atoms with Gasteiger partial charge in [0.1, 0.15) is 0 Å². The molecule has 0 heterocycles. The first-order valence-electron chi connectivity index (χ1n) is 6.38. The van der Waals surface area contributed by atoms with Crippen LogP contribution in [0.5, 0.6) is 0 Å². The summed E-state index contributed by atoms with van der Waals surface area (Å²) >= 11 is 0. The molecule has 1 aromatic carbocycles. The molecule has 0 spiro atoms. The van der Waals surface area contributed by atoms with Gasteiger partial charge in [-0.3, -0.25) is 0 Å². The van der Waals surface area contributed by atoms with E-state index in [9.17, 15) is 0 Å². The van der Waals surface area contributed by atoms with Crippen molar-refractivity contribution in [1.29, 1.82) is 0 Å². The van der Waals surface area contributed by atoms with Crippen LogP contribution in [0.2, 0.25) is 0 Å². The topological polar surface area (TPSA) is 0 Å². The van der Waals surface area contributed by atoms with Gasteiger partial charge in [0.25, 0.3) is 0 Å². The molecule has 0 N–H and O–H groups in total. The normalized spacial score (nSPS) is 9.81. The van der Waals surface area contributed by atoms with Gasteiger partial charge in [-0.2, -0.15) is 0 Å². The summed E-state index contributed by atoms with van der Waals surface area (Å²) < 4.78 is 0. The molecule has 0 atom stereocenters. The minimum Gasteiger partial charge on any atom is -0.0654 e. The van der Waals surface area contributed by atoms with E-state index < -0.39 is 0 Å². The summed E-state index contributed by atoms with van der Waals surface area (Å²) in [7, 11) is 0. The number of aryl methyl sites for hydroxylation is 1. The first kappa shape index (κ1) is 15.7. The standard InChI is InChI=1S/C15H23.Co/c1-2-3-4-5-6-7-9-12-15-13-10-8-11-14-15;/h10-11,13-14H,2-7,9,12H2,1H3;. The number of hydrogen-bond acceptors (Lipinski definition) is 0. The fourth-order valence-electron chi connectivity index (χ4n) is 1.87. The molecule has 1 heteroatoms. The van der Waals surface area contributed by atoms with Crippen molar-refractivity contribution in [3.63, 3.8) is 0 Å². The average molecular weight is 262 g/mol. The predicted molar refractivity (Wildman–Crippen MR) is 67.0 cm³/mol. The molecule has 0 aromatic heterocycles. The summed E-state index contributed by atoms with van der Waals surface area (Å²) in [5, 5.41) is 0. The van der Waals surface area contributed by atoms with Crippen LogP contribution in [0.25, 0.3) is 0 Å². The van der Waals surface area contributed by atoms with Gasteiger partial charge in [-0.25, -0.2) is 0 Å². The van der Waals surface area contributed by atoms with Crippen LogP contribution >= 0.6 is 0 Å². The Labute approximate surface area is 111 Å². The third kappa shape index (κ3) is 7.95. The molecule has 0 fully saturated rings. The van der Waals surface area contributed by atoms with Crippen molar-refractivity contribution < 1.29 is 16.8 Å². The monoisotopic (exact) mass is 262 g/mol. The molecule has 0 nitrogen and oxygen atoms in total. The first-order chi connectivity index (χ1) is 7.43. The van der Waals surface area contributed by atoms with Gasteiger partial charge >= 0.3 is 0 Å². The second-order valence-electron chi connectivity index (χ2n) is 4.28. The van der Waals surface area contributed by atoms with Gasteiger partial charge in [-0.05, 0) is 24.5 Å². The summed E-state index contributed by atoms with van der Waals surface area (Å²) in [4.78, 5) is 0. The van der Waals surface area contributed by atoms with Crippen molar-refractivity contribution >= 4 is 0 Å². The fraction of sp³-hybridized carbons (Fsp3) is 0.600. The van der Waals surface area contributed by atoms with Crippen LogP contribution in [0, 0.1) is 6.07 Å². The molecule has 1 aromatic rings. The van der Waals surface area contributed by atoms with E-state index in [2.05, 4.69) is 25.1 Å². The van der Waals surface area contributed by atoms with E-state index in [-0.39, 0.29) is 16.8 Å². The minimum atomic E-state index is 0. The molecule has 1 rings (SSSR count). The van der Waals surface area contributed by atoms with Gasteiger partial charge in [-0.1, -0.05) is 69.7 Å². The molecule has 0 unspecified atom stereocenters. The van der Waals surface area contributed by atoms with Gasteiger partial charge in [-0.15, -0.1) is 0 Å². The Morgan fingerprint density at radius 2 is 1.44 bits per heavy atom. The van der Waals surface area contributed by atoms with Gasteiger partial charge in [0.2, 0.25) is 0 Å². The zero-order valence-corrected chi connectivity index (χ0v) is 11.3. The zero-order chi connectivity index (χ0) is 10.8. The Hall–Kier alpha value is -0.274. The third-order valence-corrected chi connectivity index (χ3v) is 2.86. The van der Waals surface area contributed by atoms with E-state index in [1.54, 1.807) is 0 Å². The van der Waals surface area contributed by atoms with Crippen molar-refractivity contribution in [3.8, 4) is 0 Å². The van der Waals surface area contributed by atoms with Gasteiger partial charge < -0.3 is 0 Å². The summed E-state index contributed by atoms with van der Waals surface area (Å²) in [5.74, 6) is 0. The molecular weight excluding hydrogens is 239 g/mol. The molecule has 0 saturated heterocycles. The van der Waals surface area contributed by atoms with Crippen LogP contribution in [0.3, 0.4) is 0 Å². The van der Waals surface area contributed by atoms with Crippen LogP contribution in [0.4, 0.5) is 0 Å². The Morgan fingerprint density at radius 1 is 0.875 bits per heavy atom. The maximum atomic E-state index is 3.06. The molecule has 0 aliphatic carbocycles. The second-order valence-corrected chi connectivity index (χ2v) is 4.28. The number of rotatable bonds is 8. The van der Waals surface area contributed by atoms with E-state index in [0.29, 0.717) is 0 Å². The van der Waals surface area contributed by atoms with Crippen molar-refractivity contribution in [2.24, 2.45) is 0 Å². The summed E-state index contributed by atoms with van der Waals surface area (Å²) in [6, 6.07) is 11.4. The molecule has 0 amide bonds. The average Bonchev–Trinajstić information content (AvgIpc) is 2.29. The molecule has 92 valence electrons. The maximum absolute atomic E-state index is 3.06. The van der Waals surface area contributed by atoms with Crippen LogP contribution < -0.4 is 0 Å². The summed E-state index contributed by atoms with van der Waals surface area (Å²) in [6.07, 6.45) is 11.0. The molecule has 2 radical (unpaired) electrons. The minimum absolute atomic E-state index is 0. The predicted octanol–water partition coefficient (Wildman–Crippen LogP) is 4.78. The summed E-state index contributed by atoms with van der Waals surface area (Å²) in [5.41, 5.74) is 1.46. The quantitative estimate of drug-likeness (QED) is 0.591. The van der Waals surface area contributed by atoms with E-state index in [4.69, 9.17) is 0 Å². The van der Waals surface area contributed by atoms with E-state index >= 15 is 0 Å². The SMILES string of the molecule is CCCCCCCCCc1cc[c]cc1.[Co]. The Morgan fingerprint density at radius 3 is 2.06 bits per heavy atom. The Balaban J connectivity index is 0.00000225. The van der Waals surface area contributed by atoms with Crippen molar-refractivity contribution in [2.75, 3.05) is 0 Å². The van der Waals surface area contributed by atoms with E-state index in [1.165, 1.54) is 56.9 Å². The molecular formula is C15H23Co. The van der Waals surface area contributed by atoms with Crippen molar-refractivity contribution in [3.05, 3.63) is 35.9 Å². The number of benzene rings is 1. The summed E-state index contributed by atoms with van der Waals surface area (Å²) in [6.45, 7) is 2.27. The number of unbranched alkanes of at least 4 members (excludes halogenated alkanes) is 6. The molecule has 0 saturated carbocycles. The second kappa shape index (κ2) is 11.2.